The van der Waals surface area contributed by atoms with Gasteiger partial charge >= 0.3 is 192 Å². The second-order valence-electron chi connectivity index (χ2n) is 9.26. The molecule has 0 amide bonds. The molecule has 30 heavy (non-hydrogen) atoms. The van der Waals surface area contributed by atoms with Crippen LogP contribution in [-0.4, -0.2) is 35.7 Å². The molecule has 1 aromatic carbocycles. The Morgan fingerprint density at radius 3 is 1.93 bits per heavy atom. The van der Waals surface area contributed by atoms with Gasteiger partial charge in [-0.1, -0.05) is 0 Å². The molecular formula is C27H48O2Sn. The van der Waals surface area contributed by atoms with Gasteiger partial charge in [-0.15, -0.1) is 0 Å². The number of hydrogen-bond acceptors (Lipinski definition) is 2. The van der Waals surface area contributed by atoms with Crippen molar-refractivity contribution in [2.24, 2.45) is 5.92 Å². The number of unbranched alkanes of at least 4 members (excludes halogenated alkanes) is 3. The average molecular weight is 523 g/mol. The summed E-state index contributed by atoms with van der Waals surface area (Å²) in [6.07, 6.45) is 12.8. The Labute approximate surface area is 191 Å². The molecule has 0 radical (unpaired) electrons. The van der Waals surface area contributed by atoms with Gasteiger partial charge in [0.2, 0.25) is 0 Å². The minimum atomic E-state index is -2.16. The van der Waals surface area contributed by atoms with E-state index in [1.54, 1.807) is 0 Å². The Kier molecular flexibility index (Phi) is 15.9. The quantitative estimate of drug-likeness (QED) is 0.110. The zero-order chi connectivity index (χ0) is 22.1. The van der Waals surface area contributed by atoms with Gasteiger partial charge in [-0.2, -0.15) is 0 Å². The Bertz CT molecular complexity index is 519. The van der Waals surface area contributed by atoms with Crippen LogP contribution in [0.4, 0.5) is 0 Å². The molecule has 0 saturated carbocycles. The van der Waals surface area contributed by atoms with E-state index in [-0.39, 0.29) is 6.10 Å². The van der Waals surface area contributed by atoms with Crippen LogP contribution in [0.25, 0.3) is 0 Å². The summed E-state index contributed by atoms with van der Waals surface area (Å²) in [5.41, 5.74) is 1.23. The van der Waals surface area contributed by atoms with Crippen molar-refractivity contribution in [2.45, 2.75) is 99.2 Å². The van der Waals surface area contributed by atoms with Gasteiger partial charge in [0.15, 0.2) is 0 Å². The van der Waals surface area contributed by atoms with E-state index in [9.17, 15) is 0 Å². The molecule has 172 valence electrons. The molecule has 0 bridgehead atoms. The van der Waals surface area contributed by atoms with E-state index in [0.29, 0.717) is 12.5 Å². The molecule has 2 nitrogen and oxygen atoms in total. The van der Waals surface area contributed by atoms with Crippen LogP contribution in [-0.2, 0) is 16.1 Å². The number of hydrogen-bond donors (Lipinski definition) is 0. The van der Waals surface area contributed by atoms with Crippen LogP contribution < -0.4 is 0 Å². The SMILES string of the molecule is CCC[CH2][Sn]([CH2]CCC)([CH2]CCC)[CH2]OC/C=C/C(OCc1ccccc1)C(C)C. The maximum atomic E-state index is 6.33. The summed E-state index contributed by atoms with van der Waals surface area (Å²) in [5, 5.41) is 0. The fourth-order valence-electron chi connectivity index (χ4n) is 4.02. The van der Waals surface area contributed by atoms with Gasteiger partial charge in [-0.25, -0.2) is 0 Å². The summed E-state index contributed by atoms with van der Waals surface area (Å²) in [6, 6.07) is 10.4. The molecule has 1 aromatic rings. The van der Waals surface area contributed by atoms with Gasteiger partial charge in [-0.3, -0.25) is 0 Å². The van der Waals surface area contributed by atoms with Gasteiger partial charge in [0.25, 0.3) is 0 Å². The summed E-state index contributed by atoms with van der Waals surface area (Å²) < 4.78 is 18.2. The first-order valence-electron chi connectivity index (χ1n) is 12.5. The average Bonchev–Trinajstić information content (AvgIpc) is 2.76. The van der Waals surface area contributed by atoms with Crippen LogP contribution in [0.2, 0.25) is 13.3 Å². The summed E-state index contributed by atoms with van der Waals surface area (Å²) in [4.78, 5) is 0. The predicted molar refractivity (Wildman–Crippen MR) is 135 cm³/mol. The summed E-state index contributed by atoms with van der Waals surface area (Å²) >= 11 is -2.16. The van der Waals surface area contributed by atoms with E-state index in [1.807, 2.05) is 6.07 Å². The van der Waals surface area contributed by atoms with E-state index >= 15 is 0 Å². The third-order valence-corrected chi connectivity index (χ3v) is 20.5. The first kappa shape index (κ1) is 27.7. The van der Waals surface area contributed by atoms with E-state index in [0.717, 1.165) is 11.2 Å². The zero-order valence-corrected chi connectivity index (χ0v) is 23.4. The topological polar surface area (TPSA) is 18.5 Å². The Morgan fingerprint density at radius 1 is 0.867 bits per heavy atom. The first-order valence-corrected chi connectivity index (χ1v) is 20.5. The molecule has 1 rings (SSSR count). The maximum absolute atomic E-state index is 6.33. The summed E-state index contributed by atoms with van der Waals surface area (Å²) in [5.74, 6) is 0.460. The molecule has 0 fully saturated rings. The van der Waals surface area contributed by atoms with Gasteiger partial charge in [0, 0.05) is 0 Å². The summed E-state index contributed by atoms with van der Waals surface area (Å²) in [7, 11) is 0. The summed E-state index contributed by atoms with van der Waals surface area (Å²) in [6.45, 7) is 12.9. The van der Waals surface area contributed by atoms with Gasteiger partial charge in [0.05, 0.1) is 0 Å². The van der Waals surface area contributed by atoms with E-state index in [2.05, 4.69) is 71.0 Å². The van der Waals surface area contributed by atoms with E-state index in [1.165, 1.54) is 57.4 Å². The molecule has 1 atom stereocenters. The third-order valence-electron chi connectivity index (χ3n) is 6.07. The van der Waals surface area contributed by atoms with Crippen LogP contribution in [0.1, 0.15) is 78.7 Å². The van der Waals surface area contributed by atoms with Gasteiger partial charge < -0.3 is 0 Å². The van der Waals surface area contributed by atoms with Crippen LogP contribution in [0.3, 0.4) is 0 Å². The number of ether oxygens (including phenoxy) is 2. The molecule has 0 aromatic heterocycles. The number of benzene rings is 1. The van der Waals surface area contributed by atoms with Crippen molar-refractivity contribution in [2.75, 3.05) is 11.2 Å². The predicted octanol–water partition coefficient (Wildman–Crippen LogP) is 8.19. The second kappa shape index (κ2) is 17.3. The van der Waals surface area contributed by atoms with Crippen molar-refractivity contribution < 1.29 is 9.47 Å². The third kappa shape index (κ3) is 11.9. The molecule has 0 aliphatic rings. The van der Waals surface area contributed by atoms with Gasteiger partial charge in [-0.05, 0) is 0 Å². The van der Waals surface area contributed by atoms with Gasteiger partial charge in [0.1, 0.15) is 0 Å². The molecule has 0 spiro atoms. The molecule has 0 N–H and O–H groups in total. The van der Waals surface area contributed by atoms with E-state index < -0.39 is 18.4 Å². The molecule has 0 aliphatic heterocycles. The second-order valence-corrected chi connectivity index (χ2v) is 22.9. The van der Waals surface area contributed by atoms with Crippen LogP contribution in [0.5, 0.6) is 0 Å². The Morgan fingerprint density at radius 2 is 1.43 bits per heavy atom. The Balaban J connectivity index is 2.56. The van der Waals surface area contributed by atoms with Crippen LogP contribution in [0.15, 0.2) is 42.5 Å². The van der Waals surface area contributed by atoms with Crippen LogP contribution in [0, 0.1) is 5.92 Å². The molecule has 0 saturated heterocycles. The van der Waals surface area contributed by atoms with Crippen molar-refractivity contribution in [1.82, 2.24) is 0 Å². The zero-order valence-electron chi connectivity index (χ0n) is 20.5. The monoisotopic (exact) mass is 524 g/mol. The Hall–Kier alpha value is -0.321. The first-order chi connectivity index (χ1) is 14.6. The normalized spacial score (nSPS) is 13.4. The standard InChI is InChI=1S/C15H21O2.3C4H9.Sn/c1-13(2)15(10-7-11-16-3)17-12-14-8-5-4-6-9-14;3*1-3-4-2;/h4-10,13,15H,3,11-12H2,1-2H3;3*1,3-4H2,2H3;/b10-7+;;;;. The fraction of sp³-hybridized carbons (Fsp3) is 0.704. The molecule has 0 heterocycles. The van der Waals surface area contributed by atoms with Crippen molar-refractivity contribution in [3.05, 3.63) is 48.0 Å². The molecule has 0 aliphatic carbocycles. The molecule has 3 heteroatoms. The van der Waals surface area contributed by atoms with Crippen molar-refractivity contribution in [1.29, 1.82) is 0 Å². The van der Waals surface area contributed by atoms with Crippen molar-refractivity contribution in [3.8, 4) is 0 Å². The fourth-order valence-corrected chi connectivity index (χ4v) is 18.4. The molecular weight excluding hydrogens is 475 g/mol. The minimum absolute atomic E-state index is 0.141. The molecule has 1 unspecified atom stereocenters. The van der Waals surface area contributed by atoms with E-state index in [4.69, 9.17) is 9.47 Å². The van der Waals surface area contributed by atoms with Crippen LogP contribution >= 0.6 is 0 Å². The van der Waals surface area contributed by atoms with Crippen molar-refractivity contribution >= 4 is 18.4 Å². The van der Waals surface area contributed by atoms with Crippen molar-refractivity contribution in [3.63, 3.8) is 0 Å². The number of rotatable bonds is 18.